The Morgan fingerprint density at radius 2 is 1.70 bits per heavy atom. The molecule has 0 bridgehead atoms. The van der Waals surface area contributed by atoms with Crippen LogP contribution in [0.3, 0.4) is 0 Å². The summed E-state index contributed by atoms with van der Waals surface area (Å²) in [6, 6.07) is 9.57. The lowest BCUT2D eigenvalue weighted by Gasteiger charge is -2.38. The zero-order valence-electron chi connectivity index (χ0n) is 19.8. The van der Waals surface area contributed by atoms with Gasteiger partial charge in [0.05, 0.1) is 32.2 Å². The number of ether oxygens (including phenoxy) is 2. The second kappa shape index (κ2) is 12.4. The fraction of sp³-hybridized carbons (Fsp3) is 0.692. The number of piperidine rings is 2. The van der Waals surface area contributed by atoms with Crippen LogP contribution in [-0.2, 0) is 14.3 Å². The monoisotopic (exact) mass is 457 g/mol. The van der Waals surface area contributed by atoms with Crippen molar-refractivity contribution in [2.24, 2.45) is 11.8 Å². The third kappa shape index (κ3) is 7.18. The summed E-state index contributed by atoms with van der Waals surface area (Å²) >= 11 is 0. The second-order valence-electron chi connectivity index (χ2n) is 9.60. The normalized spacial score (nSPS) is 22.8. The molecule has 2 amide bonds. The third-order valence-electron chi connectivity index (χ3n) is 7.33. The zero-order valence-corrected chi connectivity index (χ0v) is 19.8. The SMILES string of the molecule is O=C(CCOc1ccccc1)N1CCCC(C(=O)N2CCC(CCN3CCOCC3)CC2)C1. The van der Waals surface area contributed by atoms with Gasteiger partial charge in [0, 0.05) is 39.3 Å². The van der Waals surface area contributed by atoms with Gasteiger partial charge in [0.25, 0.3) is 0 Å². The van der Waals surface area contributed by atoms with Crippen LogP contribution in [-0.4, -0.2) is 92.1 Å². The first-order chi connectivity index (χ1) is 16.2. The fourth-order valence-corrected chi connectivity index (χ4v) is 5.23. The van der Waals surface area contributed by atoms with Crippen molar-refractivity contribution in [1.29, 1.82) is 0 Å². The van der Waals surface area contributed by atoms with E-state index in [4.69, 9.17) is 9.47 Å². The highest BCUT2D eigenvalue weighted by Gasteiger charge is 2.33. The van der Waals surface area contributed by atoms with Crippen LogP contribution < -0.4 is 4.74 Å². The van der Waals surface area contributed by atoms with Crippen LogP contribution in [0.4, 0.5) is 0 Å². The number of morpholine rings is 1. The van der Waals surface area contributed by atoms with Crippen molar-refractivity contribution in [3.63, 3.8) is 0 Å². The molecular weight excluding hydrogens is 418 g/mol. The average Bonchev–Trinajstić information content (AvgIpc) is 2.88. The molecule has 0 saturated carbocycles. The summed E-state index contributed by atoms with van der Waals surface area (Å²) in [4.78, 5) is 32.3. The van der Waals surface area contributed by atoms with Crippen molar-refractivity contribution in [1.82, 2.24) is 14.7 Å². The molecule has 182 valence electrons. The fourth-order valence-electron chi connectivity index (χ4n) is 5.23. The van der Waals surface area contributed by atoms with Crippen molar-refractivity contribution in [3.05, 3.63) is 30.3 Å². The van der Waals surface area contributed by atoms with E-state index in [1.165, 1.54) is 6.42 Å². The van der Waals surface area contributed by atoms with E-state index in [-0.39, 0.29) is 17.7 Å². The van der Waals surface area contributed by atoms with E-state index in [9.17, 15) is 9.59 Å². The Balaban J connectivity index is 1.16. The summed E-state index contributed by atoms with van der Waals surface area (Å²) in [7, 11) is 0. The molecule has 7 nitrogen and oxygen atoms in total. The van der Waals surface area contributed by atoms with Gasteiger partial charge in [-0.05, 0) is 56.7 Å². The van der Waals surface area contributed by atoms with Crippen LogP contribution in [0.5, 0.6) is 5.75 Å². The van der Waals surface area contributed by atoms with Gasteiger partial charge in [0.15, 0.2) is 0 Å². The van der Waals surface area contributed by atoms with Crippen molar-refractivity contribution >= 4 is 11.8 Å². The first kappa shape index (κ1) is 24.0. The number of benzene rings is 1. The number of hydrogen-bond donors (Lipinski definition) is 0. The number of likely N-dealkylation sites (tertiary alicyclic amines) is 2. The van der Waals surface area contributed by atoms with Crippen LogP contribution in [0, 0.1) is 11.8 Å². The summed E-state index contributed by atoms with van der Waals surface area (Å²) in [6.45, 7) is 8.36. The van der Waals surface area contributed by atoms with Crippen molar-refractivity contribution in [3.8, 4) is 5.75 Å². The van der Waals surface area contributed by atoms with Gasteiger partial charge in [-0.1, -0.05) is 18.2 Å². The molecular formula is C26H39N3O4. The Morgan fingerprint density at radius 1 is 0.939 bits per heavy atom. The molecule has 33 heavy (non-hydrogen) atoms. The van der Waals surface area contributed by atoms with Gasteiger partial charge in [0.1, 0.15) is 5.75 Å². The Morgan fingerprint density at radius 3 is 2.45 bits per heavy atom. The van der Waals surface area contributed by atoms with E-state index in [2.05, 4.69) is 9.80 Å². The first-order valence-corrected chi connectivity index (χ1v) is 12.7. The van der Waals surface area contributed by atoms with Crippen molar-refractivity contribution in [2.45, 2.75) is 38.5 Å². The summed E-state index contributed by atoms with van der Waals surface area (Å²) in [5.74, 6) is 1.78. The van der Waals surface area contributed by atoms with Crippen LogP contribution in [0.1, 0.15) is 38.5 Å². The maximum Gasteiger partial charge on any atom is 0.227 e. The molecule has 1 atom stereocenters. The van der Waals surface area contributed by atoms with Gasteiger partial charge in [-0.15, -0.1) is 0 Å². The minimum atomic E-state index is -0.0531. The third-order valence-corrected chi connectivity index (χ3v) is 7.33. The second-order valence-corrected chi connectivity index (χ2v) is 9.60. The molecule has 0 spiro atoms. The highest BCUT2D eigenvalue weighted by atomic mass is 16.5. The van der Waals surface area contributed by atoms with Crippen LogP contribution in [0.25, 0.3) is 0 Å². The minimum Gasteiger partial charge on any atom is -0.493 e. The molecule has 0 radical (unpaired) electrons. The molecule has 7 heteroatoms. The Bertz CT molecular complexity index is 745. The highest BCUT2D eigenvalue weighted by molar-refractivity contribution is 5.81. The van der Waals surface area contributed by atoms with Gasteiger partial charge >= 0.3 is 0 Å². The first-order valence-electron chi connectivity index (χ1n) is 12.7. The summed E-state index contributed by atoms with van der Waals surface area (Å²) in [5.41, 5.74) is 0. The molecule has 1 unspecified atom stereocenters. The minimum absolute atomic E-state index is 0.0531. The van der Waals surface area contributed by atoms with Crippen molar-refractivity contribution in [2.75, 3.05) is 65.6 Å². The van der Waals surface area contributed by atoms with E-state index < -0.39 is 0 Å². The smallest absolute Gasteiger partial charge is 0.227 e. The molecule has 0 aliphatic carbocycles. The number of nitrogens with zero attached hydrogens (tertiary/aromatic N) is 3. The lowest BCUT2D eigenvalue weighted by Crippen LogP contribution is -2.49. The van der Waals surface area contributed by atoms with E-state index in [0.29, 0.717) is 25.5 Å². The zero-order chi connectivity index (χ0) is 22.9. The number of hydrogen-bond acceptors (Lipinski definition) is 5. The summed E-state index contributed by atoms with van der Waals surface area (Å²) in [6.07, 6.45) is 5.56. The lowest BCUT2D eigenvalue weighted by atomic mass is 9.91. The summed E-state index contributed by atoms with van der Waals surface area (Å²) in [5, 5.41) is 0. The molecule has 3 aliphatic heterocycles. The Labute approximate surface area is 198 Å². The Kier molecular flexibility index (Phi) is 9.01. The topological polar surface area (TPSA) is 62.3 Å². The van der Waals surface area contributed by atoms with Gasteiger partial charge in [-0.2, -0.15) is 0 Å². The average molecular weight is 458 g/mol. The molecule has 0 N–H and O–H groups in total. The van der Waals surface area contributed by atoms with Crippen LogP contribution >= 0.6 is 0 Å². The van der Waals surface area contributed by atoms with Gasteiger partial charge in [-0.3, -0.25) is 14.5 Å². The molecule has 4 rings (SSSR count). The number of amides is 2. The largest absolute Gasteiger partial charge is 0.493 e. The van der Waals surface area contributed by atoms with Crippen LogP contribution in [0.2, 0.25) is 0 Å². The van der Waals surface area contributed by atoms with Gasteiger partial charge in [0.2, 0.25) is 11.8 Å². The van der Waals surface area contributed by atoms with E-state index >= 15 is 0 Å². The molecule has 3 heterocycles. The maximum absolute atomic E-state index is 13.2. The number of carbonyl (C=O) groups is 2. The van der Waals surface area contributed by atoms with Crippen molar-refractivity contribution < 1.29 is 19.1 Å². The van der Waals surface area contributed by atoms with Gasteiger partial charge < -0.3 is 19.3 Å². The predicted molar refractivity (Wildman–Crippen MR) is 127 cm³/mol. The quantitative estimate of drug-likeness (QED) is 0.601. The number of carbonyl (C=O) groups excluding carboxylic acids is 2. The Hall–Kier alpha value is -2.12. The standard InChI is InChI=1S/C26H39N3O4/c30-25(11-18-33-24-6-2-1-3-7-24)29-12-4-5-23(21-29)26(31)28-14-9-22(10-15-28)8-13-27-16-19-32-20-17-27/h1-3,6-7,22-23H,4-5,8-21H2. The number of para-hydroxylation sites is 1. The number of rotatable bonds is 8. The molecule has 1 aromatic rings. The van der Waals surface area contributed by atoms with E-state index in [1.54, 1.807) is 0 Å². The maximum atomic E-state index is 13.2. The summed E-state index contributed by atoms with van der Waals surface area (Å²) < 4.78 is 11.1. The van der Waals surface area contributed by atoms with Gasteiger partial charge in [-0.25, -0.2) is 0 Å². The highest BCUT2D eigenvalue weighted by Crippen LogP contribution is 2.25. The molecule has 3 saturated heterocycles. The molecule has 1 aromatic carbocycles. The predicted octanol–water partition coefficient (Wildman–Crippen LogP) is 2.66. The van der Waals surface area contributed by atoms with E-state index in [1.807, 2.05) is 35.2 Å². The molecule has 3 fully saturated rings. The molecule has 3 aliphatic rings. The van der Waals surface area contributed by atoms with E-state index in [0.717, 1.165) is 83.9 Å². The lowest BCUT2D eigenvalue weighted by molar-refractivity contribution is -0.142. The molecule has 0 aromatic heterocycles. The van der Waals surface area contributed by atoms with Crippen LogP contribution in [0.15, 0.2) is 30.3 Å².